The number of morpholine rings is 1. The van der Waals surface area contributed by atoms with Gasteiger partial charge in [0.25, 0.3) is 5.91 Å². The van der Waals surface area contributed by atoms with Gasteiger partial charge in [-0.1, -0.05) is 36.4 Å². The van der Waals surface area contributed by atoms with Crippen LogP contribution in [-0.2, 0) is 17.6 Å². The molecule has 2 aliphatic rings. The summed E-state index contributed by atoms with van der Waals surface area (Å²) >= 11 is 0. The molecular formula is C23H29N2O2+. The van der Waals surface area contributed by atoms with Crippen molar-refractivity contribution in [2.75, 3.05) is 32.8 Å². The molecule has 1 fully saturated rings. The fourth-order valence-electron chi connectivity index (χ4n) is 4.21. The van der Waals surface area contributed by atoms with E-state index in [0.29, 0.717) is 0 Å². The molecule has 1 amide bonds. The minimum atomic E-state index is 0.0165. The minimum Gasteiger partial charge on any atom is -0.370 e. The van der Waals surface area contributed by atoms with Crippen LogP contribution in [0.3, 0.4) is 0 Å². The van der Waals surface area contributed by atoms with Gasteiger partial charge in [-0.15, -0.1) is 0 Å². The third-order valence-corrected chi connectivity index (χ3v) is 5.81. The fourth-order valence-corrected chi connectivity index (χ4v) is 4.21. The van der Waals surface area contributed by atoms with E-state index in [-0.39, 0.29) is 11.9 Å². The van der Waals surface area contributed by atoms with Crippen LogP contribution >= 0.6 is 0 Å². The molecule has 0 aromatic heterocycles. The van der Waals surface area contributed by atoms with Crippen LogP contribution < -0.4 is 10.2 Å². The Kier molecular flexibility index (Phi) is 5.85. The summed E-state index contributed by atoms with van der Waals surface area (Å²) < 4.78 is 5.48. The van der Waals surface area contributed by atoms with Gasteiger partial charge < -0.3 is 15.0 Å². The maximum atomic E-state index is 13.0. The molecule has 1 atom stereocenters. The van der Waals surface area contributed by atoms with E-state index in [1.54, 1.807) is 0 Å². The molecule has 2 N–H and O–H groups in total. The van der Waals surface area contributed by atoms with E-state index in [4.69, 9.17) is 4.74 Å². The number of ether oxygens (including phenoxy) is 1. The van der Waals surface area contributed by atoms with Crippen LogP contribution in [0.25, 0.3) is 0 Å². The number of hydrogen-bond donors (Lipinski definition) is 2. The first kappa shape index (κ1) is 18.2. The highest BCUT2D eigenvalue weighted by Gasteiger charge is 2.23. The molecule has 1 saturated heterocycles. The van der Waals surface area contributed by atoms with Crippen molar-refractivity contribution >= 4 is 5.91 Å². The average molecular weight is 365 g/mol. The van der Waals surface area contributed by atoms with Crippen LogP contribution in [0.2, 0.25) is 0 Å². The van der Waals surface area contributed by atoms with Crippen molar-refractivity contribution in [1.82, 2.24) is 5.32 Å². The third-order valence-electron chi connectivity index (χ3n) is 5.81. The molecule has 0 radical (unpaired) electrons. The van der Waals surface area contributed by atoms with Crippen molar-refractivity contribution in [3.05, 3.63) is 70.8 Å². The van der Waals surface area contributed by atoms with E-state index in [1.807, 2.05) is 24.3 Å². The number of carbonyl (C=O) groups is 1. The Morgan fingerprint density at radius 3 is 2.52 bits per heavy atom. The molecule has 0 unspecified atom stereocenters. The van der Waals surface area contributed by atoms with Gasteiger partial charge in [0.2, 0.25) is 0 Å². The first-order valence-electron chi connectivity index (χ1n) is 10.2. The number of rotatable bonds is 5. The molecule has 2 aromatic rings. The SMILES string of the molecule is O=C(N[C@@H](C[NH+]1CCOCC1)c1ccccc1)c1ccc2c(c1)CCCC2. The lowest BCUT2D eigenvalue weighted by molar-refractivity contribution is -0.909. The number of quaternary nitrogens is 1. The predicted molar refractivity (Wildman–Crippen MR) is 106 cm³/mol. The van der Waals surface area contributed by atoms with Crippen molar-refractivity contribution in [2.45, 2.75) is 31.7 Å². The summed E-state index contributed by atoms with van der Waals surface area (Å²) in [6.45, 7) is 4.49. The van der Waals surface area contributed by atoms with Gasteiger partial charge in [0.15, 0.2) is 0 Å². The molecule has 1 aliphatic heterocycles. The molecule has 0 saturated carbocycles. The first-order valence-corrected chi connectivity index (χ1v) is 10.2. The smallest absolute Gasteiger partial charge is 0.251 e. The zero-order chi connectivity index (χ0) is 18.5. The number of nitrogens with one attached hydrogen (secondary N) is 2. The average Bonchev–Trinajstić information content (AvgIpc) is 2.74. The van der Waals surface area contributed by atoms with E-state index in [1.165, 1.54) is 34.4 Å². The van der Waals surface area contributed by atoms with E-state index in [9.17, 15) is 4.79 Å². The summed E-state index contributed by atoms with van der Waals surface area (Å²) in [5.41, 5.74) is 4.72. The van der Waals surface area contributed by atoms with Gasteiger partial charge in [-0.05, 0) is 54.5 Å². The minimum absolute atomic E-state index is 0.0165. The number of amides is 1. The standard InChI is InChI=1S/C23H28N2O2/c26-23(21-11-10-18-6-4-5-9-20(18)16-21)24-22(19-7-2-1-3-8-19)17-25-12-14-27-15-13-25/h1-3,7-8,10-11,16,22H,4-6,9,12-15,17H2,(H,24,26)/p+1/t22-/m0/s1. The highest BCUT2D eigenvalue weighted by molar-refractivity contribution is 5.94. The monoisotopic (exact) mass is 365 g/mol. The van der Waals surface area contributed by atoms with Gasteiger partial charge in [0.1, 0.15) is 25.7 Å². The van der Waals surface area contributed by atoms with Crippen LogP contribution in [0, 0.1) is 0 Å². The lowest BCUT2D eigenvalue weighted by atomic mass is 9.90. The van der Waals surface area contributed by atoms with Crippen molar-refractivity contribution < 1.29 is 14.4 Å². The van der Waals surface area contributed by atoms with E-state index in [2.05, 4.69) is 29.6 Å². The van der Waals surface area contributed by atoms with Crippen LogP contribution in [0.15, 0.2) is 48.5 Å². The predicted octanol–water partition coefficient (Wildman–Crippen LogP) is 1.95. The molecule has 1 aliphatic carbocycles. The number of aryl methyl sites for hydroxylation is 2. The van der Waals surface area contributed by atoms with E-state index < -0.39 is 0 Å². The quantitative estimate of drug-likeness (QED) is 0.851. The Morgan fingerprint density at radius 1 is 1.00 bits per heavy atom. The number of carbonyl (C=O) groups excluding carboxylic acids is 1. The van der Waals surface area contributed by atoms with Crippen LogP contribution in [-0.4, -0.2) is 38.8 Å². The summed E-state index contributed by atoms with van der Waals surface area (Å²) in [7, 11) is 0. The maximum Gasteiger partial charge on any atom is 0.251 e. The van der Waals surface area contributed by atoms with Crippen LogP contribution in [0.4, 0.5) is 0 Å². The molecule has 0 spiro atoms. The summed E-state index contributed by atoms with van der Waals surface area (Å²) in [4.78, 5) is 14.5. The molecule has 27 heavy (non-hydrogen) atoms. The Morgan fingerprint density at radius 2 is 1.74 bits per heavy atom. The lowest BCUT2D eigenvalue weighted by Crippen LogP contribution is -3.14. The molecule has 4 nitrogen and oxygen atoms in total. The molecule has 0 bridgehead atoms. The van der Waals surface area contributed by atoms with Gasteiger partial charge in [-0.25, -0.2) is 0 Å². The van der Waals surface area contributed by atoms with Gasteiger partial charge in [-0.3, -0.25) is 4.79 Å². The summed E-state index contributed by atoms with van der Waals surface area (Å²) in [6, 6.07) is 16.6. The zero-order valence-corrected chi connectivity index (χ0v) is 15.9. The van der Waals surface area contributed by atoms with E-state index in [0.717, 1.165) is 51.3 Å². The Hall–Kier alpha value is -2.17. The zero-order valence-electron chi connectivity index (χ0n) is 15.9. The van der Waals surface area contributed by atoms with Crippen LogP contribution in [0.1, 0.15) is 45.9 Å². The maximum absolute atomic E-state index is 13.0. The van der Waals surface area contributed by atoms with Gasteiger partial charge in [0.05, 0.1) is 13.2 Å². The normalized spacial score (nSPS) is 18.5. The molecular weight excluding hydrogens is 336 g/mol. The molecule has 1 heterocycles. The third kappa shape index (κ3) is 4.57. The Labute approximate surface area is 161 Å². The highest BCUT2D eigenvalue weighted by Crippen LogP contribution is 2.22. The Balaban J connectivity index is 1.50. The summed E-state index contributed by atoms with van der Waals surface area (Å²) in [5.74, 6) is 0.0323. The van der Waals surface area contributed by atoms with Crippen molar-refractivity contribution in [2.24, 2.45) is 0 Å². The second-order valence-electron chi connectivity index (χ2n) is 7.69. The van der Waals surface area contributed by atoms with Crippen LogP contribution in [0.5, 0.6) is 0 Å². The fraction of sp³-hybridized carbons (Fsp3) is 0.435. The second-order valence-corrected chi connectivity index (χ2v) is 7.69. The highest BCUT2D eigenvalue weighted by atomic mass is 16.5. The molecule has 142 valence electrons. The second kappa shape index (κ2) is 8.68. The van der Waals surface area contributed by atoms with Gasteiger partial charge in [-0.2, -0.15) is 0 Å². The largest absolute Gasteiger partial charge is 0.370 e. The number of fused-ring (bicyclic) bond motifs is 1. The topological polar surface area (TPSA) is 42.8 Å². The number of benzene rings is 2. The molecule has 2 aromatic carbocycles. The van der Waals surface area contributed by atoms with Gasteiger partial charge >= 0.3 is 0 Å². The lowest BCUT2D eigenvalue weighted by Gasteiger charge is -2.28. The van der Waals surface area contributed by atoms with Crippen molar-refractivity contribution in [3.8, 4) is 0 Å². The molecule has 4 heteroatoms. The van der Waals surface area contributed by atoms with E-state index >= 15 is 0 Å². The molecule has 4 rings (SSSR count). The van der Waals surface area contributed by atoms with Gasteiger partial charge in [0, 0.05) is 5.56 Å². The first-order chi connectivity index (χ1) is 13.3. The number of hydrogen-bond acceptors (Lipinski definition) is 2. The Bertz CT molecular complexity index is 769. The summed E-state index contributed by atoms with van der Waals surface area (Å²) in [5, 5.41) is 3.30. The summed E-state index contributed by atoms with van der Waals surface area (Å²) in [6.07, 6.45) is 4.73. The van der Waals surface area contributed by atoms with Crippen molar-refractivity contribution in [3.63, 3.8) is 0 Å². The van der Waals surface area contributed by atoms with Crippen molar-refractivity contribution in [1.29, 1.82) is 0 Å².